The first-order valence-electron chi connectivity index (χ1n) is 11.8. The molecule has 5 fully saturated rings. The van der Waals surface area contributed by atoms with Gasteiger partial charge in [-0.3, -0.25) is 14.5 Å². The van der Waals surface area contributed by atoms with Crippen LogP contribution in [0.25, 0.3) is 0 Å². The van der Waals surface area contributed by atoms with E-state index in [0.29, 0.717) is 30.7 Å². The molecule has 0 N–H and O–H groups in total. The van der Waals surface area contributed by atoms with Crippen molar-refractivity contribution in [1.29, 1.82) is 0 Å². The van der Waals surface area contributed by atoms with Crippen molar-refractivity contribution in [3.05, 3.63) is 24.3 Å². The molecule has 5 aliphatic rings. The van der Waals surface area contributed by atoms with Crippen LogP contribution in [0.3, 0.4) is 0 Å². The summed E-state index contributed by atoms with van der Waals surface area (Å²) in [7, 11) is 0. The van der Waals surface area contributed by atoms with E-state index < -0.39 is 0 Å². The van der Waals surface area contributed by atoms with Gasteiger partial charge in [0.1, 0.15) is 11.9 Å². The lowest BCUT2D eigenvalue weighted by Gasteiger charge is -2.56. The van der Waals surface area contributed by atoms with E-state index in [9.17, 15) is 9.59 Å². The standard InChI is InChI=1S/C23H31N5O3/c29-21-4-1-3-19-15-7-16(9-26(8-15)12-20-24-5-2-6-25-20)22(28(19)21)23(30)27-10-17-13-31-14-18(17)11-27/h2,5-6,15-19,22H,1,3-4,7-14H2/t15-,16+,17-,18+,19-,22+/m0/s1. The number of hydrogen-bond acceptors (Lipinski definition) is 6. The SMILES string of the molecule is O=C([C@H]1[C@@H]2C[C@@H](CN(Cc3ncccn3)C2)[C@@H]2CCCC(=O)N21)N1C[C@H]2COC[C@H]2C1. The first-order valence-corrected chi connectivity index (χ1v) is 11.8. The fourth-order valence-corrected chi connectivity index (χ4v) is 6.87. The molecule has 2 bridgehead atoms. The Balaban J connectivity index is 1.26. The molecule has 6 atom stereocenters. The molecule has 0 aromatic carbocycles. The van der Waals surface area contributed by atoms with Gasteiger partial charge in [0.2, 0.25) is 11.8 Å². The third kappa shape index (κ3) is 3.44. The van der Waals surface area contributed by atoms with Crippen molar-refractivity contribution >= 4 is 11.8 Å². The lowest BCUT2D eigenvalue weighted by molar-refractivity contribution is -0.165. The number of hydrogen-bond donors (Lipinski definition) is 0. The Morgan fingerprint density at radius 1 is 1.03 bits per heavy atom. The minimum atomic E-state index is -0.312. The van der Waals surface area contributed by atoms with E-state index in [-0.39, 0.29) is 29.8 Å². The summed E-state index contributed by atoms with van der Waals surface area (Å²) in [6, 6.07) is 1.72. The van der Waals surface area contributed by atoms with E-state index in [4.69, 9.17) is 4.74 Å². The van der Waals surface area contributed by atoms with Gasteiger partial charge >= 0.3 is 0 Å². The number of amides is 2. The molecule has 0 spiro atoms. The molecule has 0 unspecified atom stereocenters. The molecule has 0 radical (unpaired) electrons. The van der Waals surface area contributed by atoms with Gasteiger partial charge in [-0.15, -0.1) is 0 Å². The highest BCUT2D eigenvalue weighted by molar-refractivity contribution is 5.89. The number of carbonyl (C=O) groups excluding carboxylic acids is 2. The maximum Gasteiger partial charge on any atom is 0.245 e. The van der Waals surface area contributed by atoms with Crippen LogP contribution in [0.1, 0.15) is 31.5 Å². The van der Waals surface area contributed by atoms with Crippen molar-refractivity contribution in [2.45, 2.75) is 44.3 Å². The summed E-state index contributed by atoms with van der Waals surface area (Å²) in [6.45, 7) is 5.58. The van der Waals surface area contributed by atoms with Gasteiger partial charge in [0.25, 0.3) is 0 Å². The minimum Gasteiger partial charge on any atom is -0.381 e. The predicted octanol–water partition coefficient (Wildman–Crippen LogP) is 0.783. The lowest BCUT2D eigenvalue weighted by Crippen LogP contribution is -2.68. The maximum atomic E-state index is 13.8. The Morgan fingerprint density at radius 3 is 2.55 bits per heavy atom. The summed E-state index contributed by atoms with van der Waals surface area (Å²) >= 11 is 0. The van der Waals surface area contributed by atoms with E-state index in [1.165, 1.54) is 0 Å². The number of aromatic nitrogens is 2. The summed E-state index contributed by atoms with van der Waals surface area (Å²) in [5, 5.41) is 0. The highest BCUT2D eigenvalue weighted by Gasteiger charge is 2.53. The monoisotopic (exact) mass is 425 g/mol. The smallest absolute Gasteiger partial charge is 0.245 e. The molecule has 2 amide bonds. The van der Waals surface area contributed by atoms with Crippen LogP contribution in [0, 0.1) is 23.7 Å². The zero-order valence-electron chi connectivity index (χ0n) is 17.9. The number of rotatable bonds is 3. The first kappa shape index (κ1) is 19.6. The zero-order valence-corrected chi connectivity index (χ0v) is 17.9. The van der Waals surface area contributed by atoms with Crippen molar-refractivity contribution in [2.24, 2.45) is 23.7 Å². The summed E-state index contributed by atoms with van der Waals surface area (Å²) < 4.78 is 5.60. The average molecular weight is 426 g/mol. The molecule has 1 aromatic heterocycles. The van der Waals surface area contributed by atoms with E-state index in [1.807, 2.05) is 15.9 Å². The average Bonchev–Trinajstić information content (AvgIpc) is 3.37. The van der Waals surface area contributed by atoms with Crippen LogP contribution in [-0.4, -0.2) is 88.0 Å². The fraction of sp³-hybridized carbons (Fsp3) is 0.739. The number of carbonyl (C=O) groups is 2. The molecule has 166 valence electrons. The molecule has 31 heavy (non-hydrogen) atoms. The summed E-state index contributed by atoms with van der Waals surface area (Å²) in [5.74, 6) is 2.74. The summed E-state index contributed by atoms with van der Waals surface area (Å²) in [5.41, 5.74) is 0. The Bertz CT molecular complexity index is 839. The minimum absolute atomic E-state index is 0.177. The van der Waals surface area contributed by atoms with E-state index in [2.05, 4.69) is 14.9 Å². The second kappa shape index (κ2) is 7.81. The number of ether oxygens (including phenoxy) is 1. The number of piperidine rings is 3. The molecule has 5 saturated heterocycles. The summed E-state index contributed by atoms with van der Waals surface area (Å²) in [6.07, 6.45) is 7.15. The van der Waals surface area contributed by atoms with Crippen LogP contribution in [-0.2, 0) is 20.9 Å². The van der Waals surface area contributed by atoms with Crippen LogP contribution in [0.5, 0.6) is 0 Å². The predicted molar refractivity (Wildman–Crippen MR) is 112 cm³/mol. The van der Waals surface area contributed by atoms with Gasteiger partial charge in [-0.2, -0.15) is 0 Å². The Kier molecular flexibility index (Phi) is 4.94. The topological polar surface area (TPSA) is 78.9 Å². The molecule has 5 aliphatic heterocycles. The maximum absolute atomic E-state index is 13.8. The van der Waals surface area contributed by atoms with Gasteiger partial charge in [0.05, 0.1) is 19.8 Å². The zero-order chi connectivity index (χ0) is 20.9. The molecule has 8 heteroatoms. The largest absolute Gasteiger partial charge is 0.381 e. The number of likely N-dealkylation sites (tertiary alicyclic amines) is 2. The van der Waals surface area contributed by atoms with Gasteiger partial charge in [0.15, 0.2) is 0 Å². The quantitative estimate of drug-likeness (QED) is 0.712. The van der Waals surface area contributed by atoms with Crippen molar-refractivity contribution in [2.75, 3.05) is 39.4 Å². The van der Waals surface area contributed by atoms with Crippen molar-refractivity contribution < 1.29 is 14.3 Å². The van der Waals surface area contributed by atoms with Crippen molar-refractivity contribution in [1.82, 2.24) is 24.7 Å². The van der Waals surface area contributed by atoms with E-state index in [1.54, 1.807) is 12.4 Å². The lowest BCUT2D eigenvalue weighted by atomic mass is 9.71. The van der Waals surface area contributed by atoms with Crippen LogP contribution >= 0.6 is 0 Å². The second-order valence-corrected chi connectivity index (χ2v) is 10.1. The number of fused-ring (bicyclic) bond motifs is 5. The normalized spacial score (nSPS) is 37.6. The van der Waals surface area contributed by atoms with Crippen molar-refractivity contribution in [3.63, 3.8) is 0 Å². The van der Waals surface area contributed by atoms with Gasteiger partial charge in [-0.1, -0.05) is 0 Å². The number of nitrogens with zero attached hydrogens (tertiary/aromatic N) is 5. The molecule has 6 rings (SSSR count). The molecule has 6 heterocycles. The van der Waals surface area contributed by atoms with Crippen molar-refractivity contribution in [3.8, 4) is 0 Å². The molecule has 1 aromatic rings. The van der Waals surface area contributed by atoms with Gasteiger partial charge in [-0.25, -0.2) is 9.97 Å². The highest BCUT2D eigenvalue weighted by atomic mass is 16.5. The Morgan fingerprint density at radius 2 is 1.77 bits per heavy atom. The van der Waals surface area contributed by atoms with Gasteiger partial charge in [-0.05, 0) is 31.2 Å². The molecule has 0 saturated carbocycles. The van der Waals surface area contributed by atoms with Gasteiger partial charge in [0, 0.05) is 68.8 Å². The van der Waals surface area contributed by atoms with E-state index in [0.717, 1.165) is 64.5 Å². The summed E-state index contributed by atoms with van der Waals surface area (Å²) in [4.78, 5) is 42.2. The first-order chi connectivity index (χ1) is 15.2. The Labute approximate surface area is 182 Å². The Hall–Kier alpha value is -2.06. The van der Waals surface area contributed by atoms with Crippen LogP contribution in [0.15, 0.2) is 18.5 Å². The molecular weight excluding hydrogens is 394 g/mol. The molecule has 8 nitrogen and oxygen atoms in total. The fourth-order valence-electron chi connectivity index (χ4n) is 6.87. The molecule has 0 aliphatic carbocycles. The van der Waals surface area contributed by atoms with E-state index >= 15 is 0 Å². The third-order valence-electron chi connectivity index (χ3n) is 8.21. The highest BCUT2D eigenvalue weighted by Crippen LogP contribution is 2.43. The van der Waals surface area contributed by atoms with Crippen LogP contribution in [0.4, 0.5) is 0 Å². The van der Waals surface area contributed by atoms with Crippen LogP contribution < -0.4 is 0 Å². The second-order valence-electron chi connectivity index (χ2n) is 10.1. The van der Waals surface area contributed by atoms with Crippen LogP contribution in [0.2, 0.25) is 0 Å². The molecular formula is C23H31N5O3. The van der Waals surface area contributed by atoms with Gasteiger partial charge < -0.3 is 14.5 Å². The third-order valence-corrected chi connectivity index (χ3v) is 8.21.